The normalized spacial score (nSPS) is 9.80. The molecule has 0 fully saturated rings. The maximum atomic E-state index is 12.2. The van der Waals surface area contributed by atoms with Crippen molar-refractivity contribution in [1.82, 2.24) is 0 Å². The van der Waals surface area contributed by atoms with E-state index in [1.54, 1.807) is 36.4 Å². The molecule has 2 aromatic carbocycles. The summed E-state index contributed by atoms with van der Waals surface area (Å²) in [5.41, 5.74) is 2.08. The molecular formula is C17H14O3. The second kappa shape index (κ2) is 6.48. The van der Waals surface area contributed by atoms with Gasteiger partial charge in [0.15, 0.2) is 5.78 Å². The highest BCUT2D eigenvalue weighted by molar-refractivity contribution is 6.08. The van der Waals surface area contributed by atoms with E-state index in [1.807, 2.05) is 18.2 Å². The van der Waals surface area contributed by atoms with Crippen molar-refractivity contribution >= 4 is 11.8 Å². The summed E-state index contributed by atoms with van der Waals surface area (Å²) in [5.74, 6) is -0.491. The molecular weight excluding hydrogens is 252 g/mol. The summed E-state index contributed by atoms with van der Waals surface area (Å²) in [7, 11) is 0. The standard InChI is InChI=1S/C17H14O3/c1-2-16(18)20-12-13-8-10-15(11-9-13)17(19)14-6-4-3-5-7-14/h2-11H,1,12H2. The lowest BCUT2D eigenvalue weighted by atomic mass is 10.0. The van der Waals surface area contributed by atoms with Gasteiger partial charge in [-0.05, 0) is 5.56 Å². The maximum absolute atomic E-state index is 12.2. The summed E-state index contributed by atoms with van der Waals surface area (Å²) in [6.45, 7) is 3.50. The highest BCUT2D eigenvalue weighted by Gasteiger charge is 2.08. The Bertz CT molecular complexity index is 612. The Labute approximate surface area is 117 Å². The summed E-state index contributed by atoms with van der Waals surface area (Å²) in [6.07, 6.45) is 1.12. The van der Waals surface area contributed by atoms with Crippen LogP contribution in [0.3, 0.4) is 0 Å². The van der Waals surface area contributed by atoms with E-state index >= 15 is 0 Å². The Morgan fingerprint density at radius 2 is 1.55 bits per heavy atom. The van der Waals surface area contributed by atoms with Gasteiger partial charge in [-0.25, -0.2) is 4.79 Å². The summed E-state index contributed by atoms with van der Waals surface area (Å²) in [6, 6.07) is 16.1. The van der Waals surface area contributed by atoms with E-state index < -0.39 is 5.97 Å². The number of carbonyl (C=O) groups excluding carboxylic acids is 2. The number of carbonyl (C=O) groups is 2. The second-order valence-corrected chi connectivity index (χ2v) is 4.20. The molecule has 3 nitrogen and oxygen atoms in total. The van der Waals surface area contributed by atoms with Gasteiger partial charge in [-0.15, -0.1) is 0 Å². The molecule has 0 amide bonds. The van der Waals surface area contributed by atoms with E-state index in [2.05, 4.69) is 6.58 Å². The molecule has 0 aliphatic carbocycles. The van der Waals surface area contributed by atoms with Crippen molar-refractivity contribution in [2.45, 2.75) is 6.61 Å². The van der Waals surface area contributed by atoms with Crippen LogP contribution in [-0.4, -0.2) is 11.8 Å². The SMILES string of the molecule is C=CC(=O)OCc1ccc(C(=O)c2ccccc2)cc1. The van der Waals surface area contributed by atoms with Crippen LogP contribution in [-0.2, 0) is 16.1 Å². The number of esters is 1. The fourth-order valence-corrected chi connectivity index (χ4v) is 1.72. The number of hydrogen-bond donors (Lipinski definition) is 0. The fourth-order valence-electron chi connectivity index (χ4n) is 1.72. The predicted molar refractivity (Wildman–Crippen MR) is 76.3 cm³/mol. The molecule has 0 radical (unpaired) electrons. The fraction of sp³-hybridized carbons (Fsp3) is 0.0588. The first-order valence-electron chi connectivity index (χ1n) is 6.18. The first-order valence-corrected chi connectivity index (χ1v) is 6.18. The molecule has 0 N–H and O–H groups in total. The van der Waals surface area contributed by atoms with E-state index in [9.17, 15) is 9.59 Å². The molecule has 3 heteroatoms. The minimum atomic E-state index is -0.463. The highest BCUT2D eigenvalue weighted by atomic mass is 16.5. The zero-order valence-corrected chi connectivity index (χ0v) is 10.9. The zero-order chi connectivity index (χ0) is 14.4. The Hall–Kier alpha value is -2.68. The highest BCUT2D eigenvalue weighted by Crippen LogP contribution is 2.11. The summed E-state index contributed by atoms with van der Waals surface area (Å²) >= 11 is 0. The smallest absolute Gasteiger partial charge is 0.330 e. The van der Waals surface area contributed by atoms with Gasteiger partial charge < -0.3 is 4.74 Å². The second-order valence-electron chi connectivity index (χ2n) is 4.20. The van der Waals surface area contributed by atoms with E-state index in [-0.39, 0.29) is 12.4 Å². The van der Waals surface area contributed by atoms with Crippen molar-refractivity contribution in [2.24, 2.45) is 0 Å². The summed E-state index contributed by atoms with van der Waals surface area (Å²) < 4.78 is 4.92. The van der Waals surface area contributed by atoms with Crippen molar-refractivity contribution < 1.29 is 14.3 Å². The number of hydrogen-bond acceptors (Lipinski definition) is 3. The van der Waals surface area contributed by atoms with Crippen LogP contribution < -0.4 is 0 Å². The Morgan fingerprint density at radius 1 is 0.950 bits per heavy atom. The first-order chi connectivity index (χ1) is 9.70. The molecule has 2 aromatic rings. The van der Waals surface area contributed by atoms with Crippen molar-refractivity contribution in [1.29, 1.82) is 0 Å². The molecule has 0 atom stereocenters. The van der Waals surface area contributed by atoms with Gasteiger partial charge in [0, 0.05) is 17.2 Å². The van der Waals surface area contributed by atoms with Crippen LogP contribution in [0.2, 0.25) is 0 Å². The lowest BCUT2D eigenvalue weighted by Crippen LogP contribution is -2.03. The van der Waals surface area contributed by atoms with Crippen molar-refractivity contribution in [3.05, 3.63) is 83.9 Å². The average molecular weight is 266 g/mol. The summed E-state index contributed by atoms with van der Waals surface area (Å²) in [4.78, 5) is 23.1. The van der Waals surface area contributed by atoms with Gasteiger partial charge in [-0.3, -0.25) is 4.79 Å². The third-order valence-electron chi connectivity index (χ3n) is 2.80. The van der Waals surface area contributed by atoms with Crippen LogP contribution in [0.5, 0.6) is 0 Å². The maximum Gasteiger partial charge on any atom is 0.330 e. The van der Waals surface area contributed by atoms with Crippen LogP contribution in [0.15, 0.2) is 67.3 Å². The lowest BCUT2D eigenvalue weighted by Gasteiger charge is -2.04. The molecule has 20 heavy (non-hydrogen) atoms. The molecule has 0 bridgehead atoms. The molecule has 0 spiro atoms. The number of ketones is 1. The molecule has 0 saturated carbocycles. The Morgan fingerprint density at radius 3 is 2.15 bits per heavy atom. The molecule has 0 aliphatic rings. The van der Waals surface area contributed by atoms with Gasteiger partial charge >= 0.3 is 5.97 Å². The largest absolute Gasteiger partial charge is 0.458 e. The van der Waals surface area contributed by atoms with Crippen LogP contribution >= 0.6 is 0 Å². The van der Waals surface area contributed by atoms with Crippen LogP contribution in [0.25, 0.3) is 0 Å². The quantitative estimate of drug-likeness (QED) is 0.474. The minimum Gasteiger partial charge on any atom is -0.458 e. The third kappa shape index (κ3) is 3.42. The van der Waals surface area contributed by atoms with Gasteiger partial charge in [0.05, 0.1) is 0 Å². The van der Waals surface area contributed by atoms with Gasteiger partial charge in [0.2, 0.25) is 0 Å². The number of ether oxygens (including phenoxy) is 1. The Kier molecular flexibility index (Phi) is 4.45. The third-order valence-corrected chi connectivity index (χ3v) is 2.80. The molecule has 0 aliphatic heterocycles. The monoisotopic (exact) mass is 266 g/mol. The molecule has 2 rings (SSSR count). The Balaban J connectivity index is 2.06. The first kappa shape index (κ1) is 13.7. The van der Waals surface area contributed by atoms with Crippen LogP contribution in [0, 0.1) is 0 Å². The molecule has 0 aromatic heterocycles. The molecule has 0 saturated heterocycles. The molecule has 0 heterocycles. The van der Waals surface area contributed by atoms with Gasteiger partial charge in [0.25, 0.3) is 0 Å². The van der Waals surface area contributed by atoms with Gasteiger partial charge in [0.1, 0.15) is 6.61 Å². The van der Waals surface area contributed by atoms with Crippen LogP contribution in [0.1, 0.15) is 21.5 Å². The minimum absolute atomic E-state index is 0.0276. The van der Waals surface area contributed by atoms with E-state index in [0.717, 1.165) is 11.6 Å². The van der Waals surface area contributed by atoms with E-state index in [0.29, 0.717) is 11.1 Å². The number of rotatable bonds is 5. The summed E-state index contributed by atoms with van der Waals surface area (Å²) in [5, 5.41) is 0. The van der Waals surface area contributed by atoms with Crippen molar-refractivity contribution in [3.8, 4) is 0 Å². The molecule has 0 unspecified atom stereocenters. The number of benzene rings is 2. The zero-order valence-electron chi connectivity index (χ0n) is 10.9. The van der Waals surface area contributed by atoms with Gasteiger partial charge in [-0.1, -0.05) is 61.2 Å². The average Bonchev–Trinajstić information content (AvgIpc) is 2.53. The van der Waals surface area contributed by atoms with Crippen molar-refractivity contribution in [2.75, 3.05) is 0 Å². The van der Waals surface area contributed by atoms with Crippen LogP contribution in [0.4, 0.5) is 0 Å². The van der Waals surface area contributed by atoms with Gasteiger partial charge in [-0.2, -0.15) is 0 Å². The predicted octanol–water partition coefficient (Wildman–Crippen LogP) is 3.15. The van der Waals surface area contributed by atoms with E-state index in [4.69, 9.17) is 4.74 Å². The van der Waals surface area contributed by atoms with E-state index in [1.165, 1.54) is 0 Å². The molecule has 100 valence electrons. The topological polar surface area (TPSA) is 43.4 Å². The van der Waals surface area contributed by atoms with Crippen molar-refractivity contribution in [3.63, 3.8) is 0 Å². The lowest BCUT2D eigenvalue weighted by molar-refractivity contribution is -0.138.